The molecule has 0 radical (unpaired) electrons. The zero-order valence-corrected chi connectivity index (χ0v) is 27.4. The van der Waals surface area contributed by atoms with Crippen LogP contribution in [-0.4, -0.2) is 4.98 Å². The Balaban J connectivity index is 1.15. The molecule has 2 aromatic heterocycles. The summed E-state index contributed by atoms with van der Waals surface area (Å²) in [7, 11) is 0. The first-order valence-corrected chi connectivity index (χ1v) is 17.5. The average Bonchev–Trinajstić information content (AvgIpc) is 3.57. The van der Waals surface area contributed by atoms with E-state index in [2.05, 4.69) is 164 Å². The second-order valence-electron chi connectivity index (χ2n) is 12.7. The summed E-state index contributed by atoms with van der Waals surface area (Å²) in [5.74, 6) is 0. The van der Waals surface area contributed by atoms with Gasteiger partial charge in [-0.05, 0) is 119 Å². The molecular weight excluding hydrogens is 611 g/mol. The van der Waals surface area contributed by atoms with E-state index < -0.39 is 0 Å². The zero-order valence-electron chi connectivity index (χ0n) is 26.6. The van der Waals surface area contributed by atoms with Gasteiger partial charge in [-0.2, -0.15) is 0 Å². The Morgan fingerprint density at radius 1 is 0.306 bits per heavy atom. The van der Waals surface area contributed by atoms with Crippen molar-refractivity contribution in [2.75, 3.05) is 0 Å². The number of pyridine rings is 1. The standard InChI is InChI=1S/C47H29NS/c1-2-11-30(12-3-1)34-26-35(28-36(27-34)37-19-9-20-43-44-21-10-24-48-47(44)49-46(37)43)32-14-8-13-31(25-32)33-22-23-42-40-17-5-4-15-38(40)39-16-6-7-18-41(39)45(42)29-33/h1-29H. The summed E-state index contributed by atoms with van der Waals surface area (Å²) in [6, 6.07) is 62.2. The summed E-state index contributed by atoms with van der Waals surface area (Å²) in [4.78, 5) is 5.77. The normalized spacial score (nSPS) is 11.7. The molecule has 0 fully saturated rings. The van der Waals surface area contributed by atoms with Crippen LogP contribution in [0.2, 0.25) is 0 Å². The van der Waals surface area contributed by atoms with E-state index in [1.807, 2.05) is 12.3 Å². The Morgan fingerprint density at radius 2 is 0.816 bits per heavy atom. The summed E-state index contributed by atoms with van der Waals surface area (Å²) in [6.45, 7) is 0. The minimum absolute atomic E-state index is 1.08. The van der Waals surface area contributed by atoms with Crippen LogP contribution in [0.5, 0.6) is 0 Å². The van der Waals surface area contributed by atoms with E-state index in [0.717, 1.165) is 4.83 Å². The molecule has 0 saturated carbocycles. The summed E-state index contributed by atoms with van der Waals surface area (Å²) in [6.07, 6.45) is 1.89. The molecule has 0 unspecified atom stereocenters. The van der Waals surface area contributed by atoms with Gasteiger partial charge in [0.05, 0.1) is 0 Å². The summed E-state index contributed by atoms with van der Waals surface area (Å²) in [5.41, 5.74) is 9.70. The molecule has 2 heterocycles. The number of benzene rings is 8. The van der Waals surface area contributed by atoms with Gasteiger partial charge >= 0.3 is 0 Å². The molecule has 10 aromatic rings. The van der Waals surface area contributed by atoms with Gasteiger partial charge in [-0.1, -0.05) is 127 Å². The number of hydrogen-bond donors (Lipinski definition) is 0. The van der Waals surface area contributed by atoms with Gasteiger partial charge in [0.2, 0.25) is 0 Å². The van der Waals surface area contributed by atoms with Crippen molar-refractivity contribution in [3.05, 3.63) is 176 Å². The number of nitrogens with zero attached hydrogens (tertiary/aromatic N) is 1. The Labute approximate surface area is 288 Å². The van der Waals surface area contributed by atoms with Crippen molar-refractivity contribution in [3.8, 4) is 44.5 Å². The highest BCUT2D eigenvalue weighted by atomic mass is 32.1. The average molecular weight is 640 g/mol. The van der Waals surface area contributed by atoms with Crippen molar-refractivity contribution in [2.24, 2.45) is 0 Å². The lowest BCUT2D eigenvalue weighted by Gasteiger charge is -2.14. The molecule has 0 aliphatic carbocycles. The smallest absolute Gasteiger partial charge is 0.124 e. The lowest BCUT2D eigenvalue weighted by atomic mass is 9.90. The van der Waals surface area contributed by atoms with Gasteiger partial charge in [0.15, 0.2) is 0 Å². The largest absolute Gasteiger partial charge is 0.245 e. The Bertz CT molecular complexity index is 2850. The third-order valence-corrected chi connectivity index (χ3v) is 11.1. The van der Waals surface area contributed by atoms with Crippen LogP contribution in [0.25, 0.3) is 97.1 Å². The molecule has 0 N–H and O–H groups in total. The second kappa shape index (κ2) is 11.3. The fraction of sp³-hybridized carbons (Fsp3) is 0. The lowest BCUT2D eigenvalue weighted by molar-refractivity contribution is 1.45. The molecular formula is C47H29NS. The van der Waals surface area contributed by atoms with Gasteiger partial charge in [-0.15, -0.1) is 11.3 Å². The van der Waals surface area contributed by atoms with E-state index in [1.165, 1.54) is 92.3 Å². The van der Waals surface area contributed by atoms with Gasteiger partial charge in [-0.25, -0.2) is 4.98 Å². The maximum absolute atomic E-state index is 4.69. The highest BCUT2D eigenvalue weighted by Gasteiger charge is 2.15. The van der Waals surface area contributed by atoms with Crippen molar-refractivity contribution in [2.45, 2.75) is 0 Å². The second-order valence-corrected chi connectivity index (χ2v) is 13.7. The predicted octanol–water partition coefficient (Wildman–Crippen LogP) is 13.6. The van der Waals surface area contributed by atoms with Crippen LogP contribution in [0.3, 0.4) is 0 Å². The van der Waals surface area contributed by atoms with E-state index >= 15 is 0 Å². The predicted molar refractivity (Wildman–Crippen MR) is 211 cm³/mol. The molecule has 0 saturated heterocycles. The van der Waals surface area contributed by atoms with Crippen LogP contribution in [-0.2, 0) is 0 Å². The molecule has 0 atom stereocenters. The SMILES string of the molecule is c1ccc(-c2cc(-c3cccc(-c4ccc5c6ccccc6c6ccccc6c5c4)c3)cc(-c3cccc4c3sc3ncccc34)c2)cc1. The maximum atomic E-state index is 4.69. The first-order chi connectivity index (χ1) is 24.3. The molecule has 0 amide bonds. The quantitative estimate of drug-likeness (QED) is 0.175. The van der Waals surface area contributed by atoms with Gasteiger partial charge in [0, 0.05) is 21.7 Å². The molecule has 1 nitrogen and oxygen atoms in total. The van der Waals surface area contributed by atoms with Gasteiger partial charge in [0.25, 0.3) is 0 Å². The fourth-order valence-corrected chi connectivity index (χ4v) is 8.75. The molecule has 2 heteroatoms. The lowest BCUT2D eigenvalue weighted by Crippen LogP contribution is -1.88. The Kier molecular flexibility index (Phi) is 6.43. The maximum Gasteiger partial charge on any atom is 0.124 e. The number of hydrogen-bond acceptors (Lipinski definition) is 2. The van der Waals surface area contributed by atoms with Crippen molar-refractivity contribution < 1.29 is 0 Å². The monoisotopic (exact) mass is 639 g/mol. The fourth-order valence-electron chi connectivity index (χ4n) is 7.57. The van der Waals surface area contributed by atoms with E-state index in [9.17, 15) is 0 Å². The van der Waals surface area contributed by atoms with Gasteiger partial charge < -0.3 is 0 Å². The van der Waals surface area contributed by atoms with E-state index in [1.54, 1.807) is 11.3 Å². The molecule has 0 bridgehead atoms. The number of rotatable bonds is 4. The Hall–Kier alpha value is -6.09. The number of aromatic nitrogens is 1. The third kappa shape index (κ3) is 4.64. The van der Waals surface area contributed by atoms with Crippen LogP contribution >= 0.6 is 11.3 Å². The van der Waals surface area contributed by atoms with Crippen LogP contribution in [0.4, 0.5) is 0 Å². The van der Waals surface area contributed by atoms with E-state index in [0.29, 0.717) is 0 Å². The van der Waals surface area contributed by atoms with Crippen LogP contribution < -0.4 is 0 Å². The van der Waals surface area contributed by atoms with Crippen molar-refractivity contribution in [1.82, 2.24) is 4.98 Å². The highest BCUT2D eigenvalue weighted by Crippen LogP contribution is 2.42. The van der Waals surface area contributed by atoms with E-state index in [-0.39, 0.29) is 0 Å². The topological polar surface area (TPSA) is 12.9 Å². The molecule has 228 valence electrons. The molecule has 10 rings (SSSR count). The summed E-state index contributed by atoms with van der Waals surface area (Å²) in [5, 5.41) is 10.2. The van der Waals surface area contributed by atoms with Gasteiger partial charge in [0.1, 0.15) is 4.83 Å². The molecule has 8 aromatic carbocycles. The van der Waals surface area contributed by atoms with Crippen molar-refractivity contribution >= 4 is 64.0 Å². The molecule has 0 aliphatic heterocycles. The van der Waals surface area contributed by atoms with Crippen molar-refractivity contribution in [1.29, 1.82) is 0 Å². The summed E-state index contributed by atoms with van der Waals surface area (Å²) >= 11 is 1.78. The van der Waals surface area contributed by atoms with E-state index in [4.69, 9.17) is 4.98 Å². The van der Waals surface area contributed by atoms with Crippen LogP contribution in [0.15, 0.2) is 176 Å². The minimum atomic E-state index is 1.08. The molecule has 49 heavy (non-hydrogen) atoms. The zero-order chi connectivity index (χ0) is 32.3. The third-order valence-electron chi connectivity index (χ3n) is 9.90. The molecule has 0 aliphatic rings. The first kappa shape index (κ1) is 28.0. The van der Waals surface area contributed by atoms with Crippen LogP contribution in [0.1, 0.15) is 0 Å². The highest BCUT2D eigenvalue weighted by molar-refractivity contribution is 7.26. The number of fused-ring (bicyclic) bond motifs is 9. The van der Waals surface area contributed by atoms with Crippen molar-refractivity contribution in [3.63, 3.8) is 0 Å². The first-order valence-electron chi connectivity index (χ1n) is 16.7. The van der Waals surface area contributed by atoms with Crippen LogP contribution in [0, 0.1) is 0 Å². The van der Waals surface area contributed by atoms with Gasteiger partial charge in [-0.3, -0.25) is 0 Å². The summed E-state index contributed by atoms with van der Waals surface area (Å²) < 4.78 is 1.28. The molecule has 0 spiro atoms. The minimum Gasteiger partial charge on any atom is -0.245 e. The number of thiophene rings is 1. The Morgan fingerprint density at radius 3 is 1.57 bits per heavy atom.